The molecule has 0 amide bonds. The molecule has 92 valence electrons. The summed E-state index contributed by atoms with van der Waals surface area (Å²) in [5.74, 6) is 2.55. The Morgan fingerprint density at radius 3 is 2.81 bits per heavy atom. The van der Waals surface area contributed by atoms with Gasteiger partial charge in [0.05, 0.1) is 12.9 Å². The maximum Gasteiger partial charge on any atom is 0.0961 e. The molecule has 1 aliphatic carbocycles. The van der Waals surface area contributed by atoms with E-state index in [0.717, 1.165) is 18.1 Å². The molecule has 0 bridgehead atoms. The van der Waals surface area contributed by atoms with Gasteiger partial charge in [-0.25, -0.2) is 0 Å². The van der Waals surface area contributed by atoms with Gasteiger partial charge in [-0.15, -0.1) is 0 Å². The van der Waals surface area contributed by atoms with Crippen LogP contribution >= 0.6 is 0 Å². The van der Waals surface area contributed by atoms with E-state index in [9.17, 15) is 0 Å². The van der Waals surface area contributed by atoms with E-state index >= 15 is 0 Å². The van der Waals surface area contributed by atoms with Gasteiger partial charge in [0.25, 0.3) is 0 Å². The Labute approximate surface area is 100.0 Å². The third kappa shape index (κ3) is 4.01. The van der Waals surface area contributed by atoms with Crippen LogP contribution in [0.1, 0.15) is 26.2 Å². The van der Waals surface area contributed by atoms with Crippen molar-refractivity contribution >= 4 is 0 Å². The van der Waals surface area contributed by atoms with E-state index in [1.807, 2.05) is 0 Å². The quantitative estimate of drug-likeness (QED) is 0.686. The first kappa shape index (κ1) is 13.3. The van der Waals surface area contributed by atoms with Gasteiger partial charge in [0.1, 0.15) is 0 Å². The lowest BCUT2D eigenvalue weighted by atomic mass is 9.82. The smallest absolute Gasteiger partial charge is 0.0961 e. The van der Waals surface area contributed by atoms with Crippen LogP contribution in [0.3, 0.4) is 0 Å². The Kier molecular flexibility index (Phi) is 5.61. The van der Waals surface area contributed by atoms with Gasteiger partial charge in [0.15, 0.2) is 0 Å². The second-order valence-electron chi connectivity index (χ2n) is 4.85. The largest absolute Gasteiger partial charge is 0.501 e. The minimum absolute atomic E-state index is 0.657. The average molecular weight is 223 g/mol. The van der Waals surface area contributed by atoms with Crippen LogP contribution < -0.4 is 0 Å². The van der Waals surface area contributed by atoms with Crippen molar-refractivity contribution in [3.8, 4) is 0 Å². The lowest BCUT2D eigenvalue weighted by Crippen LogP contribution is -2.21. The molecule has 0 aromatic carbocycles. The summed E-state index contributed by atoms with van der Waals surface area (Å²) in [5.41, 5.74) is 0. The highest BCUT2D eigenvalue weighted by atomic mass is 16.5. The predicted molar refractivity (Wildman–Crippen MR) is 69.3 cm³/mol. The zero-order chi connectivity index (χ0) is 12.0. The second-order valence-corrected chi connectivity index (χ2v) is 4.85. The summed E-state index contributed by atoms with van der Waals surface area (Å²) in [7, 11) is 6.05. The standard InChI is InChI=1S/C14H25NO/c1-5-12(9-10-15(2)3)13-7-6-8-14(11-13)16-4/h6-8,12-13H,5,9-11H2,1-4H3/t12-,13?/m1/s1. The fraction of sp³-hybridized carbons (Fsp3) is 0.714. The van der Waals surface area contributed by atoms with Gasteiger partial charge in [-0.05, 0) is 45.0 Å². The molecule has 0 aromatic heterocycles. The molecule has 0 saturated heterocycles. The molecule has 16 heavy (non-hydrogen) atoms. The van der Waals surface area contributed by atoms with E-state index in [2.05, 4.69) is 44.1 Å². The zero-order valence-corrected chi connectivity index (χ0v) is 11.1. The van der Waals surface area contributed by atoms with Crippen LogP contribution in [0, 0.1) is 11.8 Å². The number of methoxy groups -OCH3 is 1. The number of rotatable bonds is 6. The average Bonchev–Trinajstić information content (AvgIpc) is 2.30. The molecular weight excluding hydrogens is 198 g/mol. The summed E-state index contributed by atoms with van der Waals surface area (Å²) in [6, 6.07) is 0. The summed E-state index contributed by atoms with van der Waals surface area (Å²) in [4.78, 5) is 2.27. The fourth-order valence-corrected chi connectivity index (χ4v) is 2.29. The monoisotopic (exact) mass is 223 g/mol. The Morgan fingerprint density at radius 2 is 2.25 bits per heavy atom. The van der Waals surface area contributed by atoms with Crippen molar-refractivity contribution in [3.63, 3.8) is 0 Å². The summed E-state index contributed by atoms with van der Waals surface area (Å²) < 4.78 is 5.34. The molecule has 2 nitrogen and oxygen atoms in total. The molecule has 1 aliphatic rings. The van der Waals surface area contributed by atoms with Crippen LogP contribution in [0.15, 0.2) is 24.0 Å². The van der Waals surface area contributed by atoms with Crippen LogP contribution in [-0.2, 0) is 4.74 Å². The number of hydrogen-bond donors (Lipinski definition) is 0. The number of hydrogen-bond acceptors (Lipinski definition) is 2. The molecule has 0 aromatic rings. The van der Waals surface area contributed by atoms with Crippen molar-refractivity contribution in [2.24, 2.45) is 11.8 Å². The fourth-order valence-electron chi connectivity index (χ4n) is 2.29. The zero-order valence-electron chi connectivity index (χ0n) is 11.1. The first-order chi connectivity index (χ1) is 7.67. The highest BCUT2D eigenvalue weighted by molar-refractivity contribution is 5.16. The molecule has 0 fully saturated rings. The maximum atomic E-state index is 5.34. The highest BCUT2D eigenvalue weighted by Gasteiger charge is 2.20. The predicted octanol–water partition coefficient (Wildman–Crippen LogP) is 3.07. The van der Waals surface area contributed by atoms with Gasteiger partial charge in [0.2, 0.25) is 0 Å². The van der Waals surface area contributed by atoms with Gasteiger partial charge in [-0.1, -0.05) is 25.5 Å². The topological polar surface area (TPSA) is 12.5 Å². The third-order valence-corrected chi connectivity index (χ3v) is 3.42. The second kappa shape index (κ2) is 6.74. The van der Waals surface area contributed by atoms with E-state index in [1.165, 1.54) is 19.4 Å². The van der Waals surface area contributed by atoms with E-state index in [4.69, 9.17) is 4.74 Å². The molecule has 0 N–H and O–H groups in total. The van der Waals surface area contributed by atoms with Gasteiger partial charge in [-0.3, -0.25) is 0 Å². The van der Waals surface area contributed by atoms with Crippen molar-refractivity contribution in [2.45, 2.75) is 26.2 Å². The third-order valence-electron chi connectivity index (χ3n) is 3.42. The minimum atomic E-state index is 0.657. The normalized spacial score (nSPS) is 22.1. The number of ether oxygens (including phenoxy) is 1. The molecule has 1 rings (SSSR count). The molecule has 0 radical (unpaired) electrons. The molecule has 0 saturated carbocycles. The molecule has 1 unspecified atom stereocenters. The molecule has 0 heterocycles. The van der Waals surface area contributed by atoms with Crippen molar-refractivity contribution in [2.75, 3.05) is 27.7 Å². The van der Waals surface area contributed by atoms with Crippen LogP contribution in [0.4, 0.5) is 0 Å². The van der Waals surface area contributed by atoms with Gasteiger partial charge < -0.3 is 9.64 Å². The number of nitrogens with zero attached hydrogens (tertiary/aromatic N) is 1. The maximum absolute atomic E-state index is 5.34. The lowest BCUT2D eigenvalue weighted by Gasteiger charge is -2.27. The van der Waals surface area contributed by atoms with Crippen molar-refractivity contribution in [1.29, 1.82) is 0 Å². The molecule has 2 atom stereocenters. The van der Waals surface area contributed by atoms with Crippen molar-refractivity contribution < 1.29 is 4.74 Å². The molecule has 0 spiro atoms. The van der Waals surface area contributed by atoms with Crippen molar-refractivity contribution in [1.82, 2.24) is 4.90 Å². The Hall–Kier alpha value is -0.760. The van der Waals surface area contributed by atoms with Crippen LogP contribution in [0.5, 0.6) is 0 Å². The van der Waals surface area contributed by atoms with E-state index in [0.29, 0.717) is 5.92 Å². The SMILES string of the molecule is CC[C@H](CCN(C)C)C1C=CC=C(OC)C1. The van der Waals surface area contributed by atoms with Crippen LogP contribution in [0.25, 0.3) is 0 Å². The first-order valence-corrected chi connectivity index (χ1v) is 6.23. The van der Waals surface area contributed by atoms with Crippen LogP contribution in [0.2, 0.25) is 0 Å². The summed E-state index contributed by atoms with van der Waals surface area (Å²) >= 11 is 0. The van der Waals surface area contributed by atoms with E-state index in [-0.39, 0.29) is 0 Å². The lowest BCUT2D eigenvalue weighted by molar-refractivity contribution is 0.232. The van der Waals surface area contributed by atoms with Crippen LogP contribution in [-0.4, -0.2) is 32.6 Å². The van der Waals surface area contributed by atoms with Crippen molar-refractivity contribution in [3.05, 3.63) is 24.0 Å². The number of allylic oxidation sites excluding steroid dienone is 4. The molecular formula is C14H25NO. The van der Waals surface area contributed by atoms with Gasteiger partial charge >= 0.3 is 0 Å². The Balaban J connectivity index is 2.48. The Bertz CT molecular complexity index is 255. The first-order valence-electron chi connectivity index (χ1n) is 6.23. The highest BCUT2D eigenvalue weighted by Crippen LogP contribution is 2.30. The van der Waals surface area contributed by atoms with E-state index < -0.39 is 0 Å². The summed E-state index contributed by atoms with van der Waals surface area (Å²) in [6.45, 7) is 3.47. The molecule has 2 heteroatoms. The Morgan fingerprint density at radius 1 is 1.50 bits per heavy atom. The van der Waals surface area contributed by atoms with Gasteiger partial charge in [0, 0.05) is 6.42 Å². The van der Waals surface area contributed by atoms with E-state index in [1.54, 1.807) is 7.11 Å². The summed E-state index contributed by atoms with van der Waals surface area (Å²) in [5, 5.41) is 0. The van der Waals surface area contributed by atoms with Gasteiger partial charge in [-0.2, -0.15) is 0 Å². The molecule has 0 aliphatic heterocycles. The summed E-state index contributed by atoms with van der Waals surface area (Å²) in [6.07, 6.45) is 10.2. The minimum Gasteiger partial charge on any atom is -0.501 e.